The Morgan fingerprint density at radius 3 is 2.67 bits per heavy atom. The Hall–Kier alpha value is -2.44. The SMILES string of the molecule is O=C1/C(=C\c2ccccc2)SC(=S)N1CC(=O)N1CCCc2ccccc21. The molecular weight excluding hydrogens is 376 g/mol. The molecule has 136 valence electrons. The molecule has 0 atom stereocenters. The van der Waals surface area contributed by atoms with Crippen molar-refractivity contribution < 1.29 is 9.59 Å². The Morgan fingerprint density at radius 1 is 1.11 bits per heavy atom. The van der Waals surface area contributed by atoms with Gasteiger partial charge in [-0.2, -0.15) is 0 Å². The van der Waals surface area contributed by atoms with Crippen LogP contribution in [0.3, 0.4) is 0 Å². The zero-order chi connectivity index (χ0) is 18.8. The summed E-state index contributed by atoms with van der Waals surface area (Å²) in [6.45, 7) is 0.648. The highest BCUT2D eigenvalue weighted by Crippen LogP contribution is 2.33. The second-order valence-corrected chi connectivity index (χ2v) is 8.13. The van der Waals surface area contributed by atoms with Crippen molar-refractivity contribution in [2.75, 3.05) is 18.0 Å². The van der Waals surface area contributed by atoms with Gasteiger partial charge in [0.05, 0.1) is 4.91 Å². The molecule has 0 unspecified atom stereocenters. The number of thioether (sulfide) groups is 1. The number of amides is 2. The number of nitrogens with zero attached hydrogens (tertiary/aromatic N) is 2. The zero-order valence-electron chi connectivity index (χ0n) is 14.6. The first kappa shape index (κ1) is 17.9. The molecule has 1 saturated heterocycles. The van der Waals surface area contributed by atoms with Gasteiger partial charge in [-0.3, -0.25) is 14.5 Å². The van der Waals surface area contributed by atoms with Crippen LogP contribution in [0.15, 0.2) is 59.5 Å². The van der Waals surface area contributed by atoms with E-state index in [1.165, 1.54) is 22.2 Å². The van der Waals surface area contributed by atoms with Gasteiger partial charge in [-0.15, -0.1) is 0 Å². The van der Waals surface area contributed by atoms with Gasteiger partial charge in [-0.25, -0.2) is 0 Å². The number of thiocarbonyl (C=S) groups is 1. The van der Waals surface area contributed by atoms with Gasteiger partial charge in [0.2, 0.25) is 5.91 Å². The quantitative estimate of drug-likeness (QED) is 0.585. The summed E-state index contributed by atoms with van der Waals surface area (Å²) >= 11 is 6.61. The molecule has 1 fully saturated rings. The summed E-state index contributed by atoms with van der Waals surface area (Å²) in [5.41, 5.74) is 3.06. The monoisotopic (exact) mass is 394 g/mol. The fourth-order valence-electron chi connectivity index (χ4n) is 3.35. The molecule has 27 heavy (non-hydrogen) atoms. The molecule has 2 aliphatic heterocycles. The van der Waals surface area contributed by atoms with E-state index in [-0.39, 0.29) is 18.4 Å². The number of hydrogen-bond acceptors (Lipinski definition) is 4. The van der Waals surface area contributed by atoms with Gasteiger partial charge >= 0.3 is 0 Å². The second-order valence-electron chi connectivity index (χ2n) is 6.46. The molecule has 0 bridgehead atoms. The lowest BCUT2D eigenvalue weighted by atomic mass is 10.0. The van der Waals surface area contributed by atoms with Crippen molar-refractivity contribution in [2.24, 2.45) is 0 Å². The Morgan fingerprint density at radius 2 is 1.85 bits per heavy atom. The summed E-state index contributed by atoms with van der Waals surface area (Å²) in [7, 11) is 0. The Kier molecular flexibility index (Phi) is 5.09. The van der Waals surface area contributed by atoms with Crippen molar-refractivity contribution in [2.45, 2.75) is 12.8 Å². The fourth-order valence-corrected chi connectivity index (χ4v) is 4.61. The third-order valence-electron chi connectivity index (χ3n) is 4.68. The molecular formula is C21H18N2O2S2. The van der Waals surface area contributed by atoms with Crippen LogP contribution in [0.4, 0.5) is 5.69 Å². The van der Waals surface area contributed by atoms with Crippen LogP contribution in [0.1, 0.15) is 17.5 Å². The van der Waals surface area contributed by atoms with Crippen LogP contribution in [0.5, 0.6) is 0 Å². The topological polar surface area (TPSA) is 40.6 Å². The first-order chi connectivity index (χ1) is 13.1. The number of hydrogen-bond donors (Lipinski definition) is 0. The van der Waals surface area contributed by atoms with Gasteiger partial charge in [0.25, 0.3) is 5.91 Å². The van der Waals surface area contributed by atoms with Crippen molar-refractivity contribution in [3.63, 3.8) is 0 Å². The number of fused-ring (bicyclic) bond motifs is 1. The number of rotatable bonds is 3. The first-order valence-electron chi connectivity index (χ1n) is 8.82. The van der Waals surface area contributed by atoms with Crippen LogP contribution in [0.2, 0.25) is 0 Å². The first-order valence-corrected chi connectivity index (χ1v) is 10.0. The fraction of sp³-hybridized carbons (Fsp3) is 0.190. The number of para-hydroxylation sites is 1. The molecule has 2 amide bonds. The maximum Gasteiger partial charge on any atom is 0.266 e. The molecule has 2 aromatic rings. The van der Waals surface area contributed by atoms with E-state index in [2.05, 4.69) is 6.07 Å². The van der Waals surface area contributed by atoms with E-state index >= 15 is 0 Å². The van der Waals surface area contributed by atoms with Crippen LogP contribution in [-0.2, 0) is 16.0 Å². The summed E-state index contributed by atoms with van der Waals surface area (Å²) in [4.78, 5) is 29.4. The molecule has 2 heterocycles. The number of carbonyl (C=O) groups is 2. The third-order valence-corrected chi connectivity index (χ3v) is 6.05. The van der Waals surface area contributed by atoms with Crippen LogP contribution < -0.4 is 4.90 Å². The average molecular weight is 395 g/mol. The van der Waals surface area contributed by atoms with Crippen LogP contribution in [0, 0.1) is 0 Å². The standard InChI is InChI=1S/C21H18N2O2S2/c24-19(22-12-6-10-16-9-4-5-11-17(16)22)14-23-20(25)18(27-21(23)26)13-15-7-2-1-3-8-15/h1-5,7-9,11,13H,6,10,12,14H2/b18-13+. The van der Waals surface area contributed by atoms with Crippen molar-refractivity contribution in [3.05, 3.63) is 70.6 Å². The minimum absolute atomic E-state index is 0.0227. The number of anilines is 1. The molecule has 6 heteroatoms. The number of aryl methyl sites for hydroxylation is 1. The van der Waals surface area contributed by atoms with Gasteiger partial charge in [0.15, 0.2) is 0 Å². The minimum atomic E-state index is -0.201. The predicted molar refractivity (Wildman–Crippen MR) is 113 cm³/mol. The molecule has 2 aliphatic rings. The van der Waals surface area contributed by atoms with Crippen molar-refractivity contribution in [1.82, 2.24) is 4.90 Å². The van der Waals surface area contributed by atoms with E-state index in [4.69, 9.17) is 12.2 Å². The second kappa shape index (κ2) is 7.66. The van der Waals surface area contributed by atoms with E-state index in [9.17, 15) is 9.59 Å². The van der Waals surface area contributed by atoms with E-state index in [0.29, 0.717) is 15.8 Å². The van der Waals surface area contributed by atoms with E-state index in [1.54, 1.807) is 4.90 Å². The van der Waals surface area contributed by atoms with E-state index in [0.717, 1.165) is 24.1 Å². The van der Waals surface area contributed by atoms with Gasteiger partial charge in [0.1, 0.15) is 10.9 Å². The average Bonchev–Trinajstić information content (AvgIpc) is 2.95. The molecule has 0 saturated carbocycles. The summed E-state index contributed by atoms with van der Waals surface area (Å²) in [5, 5.41) is 0. The van der Waals surface area contributed by atoms with Crippen molar-refractivity contribution in [3.8, 4) is 0 Å². The highest BCUT2D eigenvalue weighted by atomic mass is 32.2. The highest BCUT2D eigenvalue weighted by Gasteiger charge is 2.35. The van der Waals surface area contributed by atoms with Gasteiger partial charge < -0.3 is 4.90 Å². The lowest BCUT2D eigenvalue weighted by Gasteiger charge is -2.30. The Labute approximate surface area is 167 Å². The summed E-state index contributed by atoms with van der Waals surface area (Å²) in [6, 6.07) is 17.6. The van der Waals surface area contributed by atoms with Gasteiger partial charge in [-0.1, -0.05) is 72.5 Å². The van der Waals surface area contributed by atoms with Crippen LogP contribution in [-0.4, -0.2) is 34.1 Å². The lowest BCUT2D eigenvalue weighted by molar-refractivity contribution is -0.127. The van der Waals surface area contributed by atoms with E-state index in [1.807, 2.05) is 54.6 Å². The maximum atomic E-state index is 12.9. The summed E-state index contributed by atoms with van der Waals surface area (Å²) in [5.74, 6) is -0.299. The van der Waals surface area contributed by atoms with E-state index < -0.39 is 0 Å². The predicted octanol–water partition coefficient (Wildman–Crippen LogP) is 3.87. The van der Waals surface area contributed by atoms with Gasteiger partial charge in [0, 0.05) is 12.2 Å². The highest BCUT2D eigenvalue weighted by molar-refractivity contribution is 8.26. The zero-order valence-corrected chi connectivity index (χ0v) is 16.3. The van der Waals surface area contributed by atoms with Crippen LogP contribution in [0.25, 0.3) is 6.08 Å². The normalized spacial score (nSPS) is 18.1. The van der Waals surface area contributed by atoms with Gasteiger partial charge in [-0.05, 0) is 36.1 Å². The third kappa shape index (κ3) is 3.68. The molecule has 0 spiro atoms. The van der Waals surface area contributed by atoms with Crippen molar-refractivity contribution >= 4 is 51.9 Å². The maximum absolute atomic E-state index is 12.9. The molecule has 0 radical (unpaired) electrons. The summed E-state index contributed by atoms with van der Waals surface area (Å²) < 4.78 is 0.431. The molecule has 0 aliphatic carbocycles. The van der Waals surface area contributed by atoms with Crippen molar-refractivity contribution in [1.29, 1.82) is 0 Å². The van der Waals surface area contributed by atoms with Crippen LogP contribution >= 0.6 is 24.0 Å². The molecule has 4 nitrogen and oxygen atoms in total. The number of benzene rings is 2. The summed E-state index contributed by atoms with van der Waals surface area (Å²) in [6.07, 6.45) is 3.72. The largest absolute Gasteiger partial charge is 0.311 e. The molecule has 2 aromatic carbocycles. The lowest BCUT2D eigenvalue weighted by Crippen LogP contribution is -2.44. The minimum Gasteiger partial charge on any atom is -0.311 e. The molecule has 0 N–H and O–H groups in total. The Bertz CT molecular complexity index is 940. The molecule has 0 aromatic heterocycles. The smallest absolute Gasteiger partial charge is 0.266 e. The Balaban J connectivity index is 1.52. The number of carbonyl (C=O) groups excluding carboxylic acids is 2. The molecule has 4 rings (SSSR count).